The van der Waals surface area contributed by atoms with Gasteiger partial charge in [0.2, 0.25) is 0 Å². The van der Waals surface area contributed by atoms with Crippen LogP contribution in [0.25, 0.3) is 0 Å². The molecule has 0 unspecified atom stereocenters. The van der Waals surface area contributed by atoms with Crippen LogP contribution in [0.15, 0.2) is 0 Å². The van der Waals surface area contributed by atoms with E-state index in [1.165, 1.54) is 0 Å². The van der Waals surface area contributed by atoms with Crippen LogP contribution in [0.4, 0.5) is 0 Å². The zero-order valence-corrected chi connectivity index (χ0v) is 8.54. The predicted octanol–water partition coefficient (Wildman–Crippen LogP) is 0.312. The van der Waals surface area contributed by atoms with Gasteiger partial charge in [-0.05, 0) is 12.0 Å². The van der Waals surface area contributed by atoms with Gasteiger partial charge in [0.05, 0.1) is 0 Å². The van der Waals surface area contributed by atoms with E-state index in [0.717, 1.165) is 5.75 Å². The van der Waals surface area contributed by atoms with E-state index in [0.29, 0.717) is 6.42 Å². The maximum Gasteiger partial charge on any atom is 1.00 e. The quantitative estimate of drug-likeness (QED) is 0.569. The van der Waals surface area contributed by atoms with Crippen molar-refractivity contribution in [2.45, 2.75) is 6.42 Å². The van der Waals surface area contributed by atoms with Gasteiger partial charge in [-0.2, -0.15) is 11.8 Å². The number of carboxylic acids is 1. The second-order valence-electron chi connectivity index (χ2n) is 1.57. The van der Waals surface area contributed by atoms with Gasteiger partial charge < -0.3 is 10.8 Å². The average Bonchev–Trinajstić information content (AvgIpc) is 1.82. The Labute approximate surface area is 80.3 Å². The smallest absolute Gasteiger partial charge is 0.502 e. The minimum atomic E-state index is -0.996. The Morgan fingerprint density at radius 3 is 2.60 bits per heavy atom. The van der Waals surface area contributed by atoms with E-state index < -0.39 is 5.97 Å². The zero-order valence-electron chi connectivity index (χ0n) is 5.56. The SMILES string of the molecule is CSCC[C-](N)C(=O)O.[Au+]. The third-order valence-electron chi connectivity index (χ3n) is 0.850. The van der Waals surface area contributed by atoms with Crippen molar-refractivity contribution in [1.29, 1.82) is 0 Å². The fourth-order valence-corrected chi connectivity index (χ4v) is 0.743. The molecular formula is C5H10AuNO2S. The molecule has 5 heteroatoms. The first-order valence-corrected chi connectivity index (χ1v) is 3.91. The van der Waals surface area contributed by atoms with Crippen molar-refractivity contribution in [2.75, 3.05) is 12.0 Å². The molecule has 0 amide bonds. The van der Waals surface area contributed by atoms with E-state index in [4.69, 9.17) is 10.8 Å². The molecule has 0 atom stereocenters. The Hall–Kier alpha value is 0.390. The van der Waals surface area contributed by atoms with Crippen molar-refractivity contribution in [3.8, 4) is 0 Å². The number of rotatable bonds is 4. The van der Waals surface area contributed by atoms with Gasteiger partial charge in [0.25, 0.3) is 0 Å². The second-order valence-corrected chi connectivity index (χ2v) is 2.56. The van der Waals surface area contributed by atoms with E-state index in [2.05, 4.69) is 0 Å². The van der Waals surface area contributed by atoms with E-state index in [9.17, 15) is 4.79 Å². The molecule has 10 heavy (non-hydrogen) atoms. The van der Waals surface area contributed by atoms with Crippen molar-refractivity contribution in [1.82, 2.24) is 0 Å². The van der Waals surface area contributed by atoms with Gasteiger partial charge in [-0.1, -0.05) is 0 Å². The van der Waals surface area contributed by atoms with Crippen LogP contribution in [0.1, 0.15) is 6.42 Å². The molecule has 0 aromatic heterocycles. The number of carboxylic acid groups (broad SMARTS) is 1. The molecule has 0 saturated carbocycles. The van der Waals surface area contributed by atoms with Crippen molar-refractivity contribution >= 4 is 17.7 Å². The van der Waals surface area contributed by atoms with Gasteiger partial charge in [-0.25, -0.2) is 6.04 Å². The van der Waals surface area contributed by atoms with E-state index in [1.54, 1.807) is 11.8 Å². The fourth-order valence-electron chi connectivity index (χ4n) is 0.319. The van der Waals surface area contributed by atoms with Gasteiger partial charge in [-0.3, -0.25) is 4.79 Å². The summed E-state index contributed by atoms with van der Waals surface area (Å²) in [6.07, 6.45) is 2.38. The van der Waals surface area contributed by atoms with Crippen LogP contribution in [0.5, 0.6) is 0 Å². The first-order chi connectivity index (χ1) is 4.18. The molecule has 0 saturated heterocycles. The van der Waals surface area contributed by atoms with Gasteiger partial charge >= 0.3 is 22.4 Å². The summed E-state index contributed by atoms with van der Waals surface area (Å²) < 4.78 is 0. The average molecular weight is 345 g/mol. The second kappa shape index (κ2) is 7.50. The summed E-state index contributed by atoms with van der Waals surface area (Å²) >= 11 is 1.58. The van der Waals surface area contributed by atoms with Crippen molar-refractivity contribution in [3.05, 3.63) is 6.04 Å². The summed E-state index contributed by atoms with van der Waals surface area (Å²) in [6, 6.07) is 0.0457. The van der Waals surface area contributed by atoms with Crippen molar-refractivity contribution in [3.63, 3.8) is 0 Å². The molecule has 0 radical (unpaired) electrons. The monoisotopic (exact) mass is 345 g/mol. The third kappa shape index (κ3) is 6.51. The van der Waals surface area contributed by atoms with E-state index >= 15 is 0 Å². The molecule has 3 N–H and O–H groups in total. The first-order valence-electron chi connectivity index (χ1n) is 2.52. The Kier molecular flexibility index (Phi) is 9.76. The maximum atomic E-state index is 10.0. The molecule has 64 valence electrons. The number of carbonyl (C=O) groups is 1. The molecular weight excluding hydrogens is 335 g/mol. The molecule has 0 spiro atoms. The van der Waals surface area contributed by atoms with Crippen molar-refractivity contribution < 1.29 is 32.3 Å². The molecule has 0 aliphatic rings. The van der Waals surface area contributed by atoms with Gasteiger partial charge in [0, 0.05) is 0 Å². The number of hydrogen-bond acceptors (Lipinski definition) is 3. The third-order valence-corrected chi connectivity index (χ3v) is 1.46. The molecule has 0 aliphatic carbocycles. The normalized spacial score (nSPS) is 8.20. The van der Waals surface area contributed by atoms with Crippen LogP contribution in [0.2, 0.25) is 0 Å². The number of aliphatic carboxylic acids is 1. The van der Waals surface area contributed by atoms with Gasteiger partial charge in [0.1, 0.15) is 0 Å². The minimum Gasteiger partial charge on any atom is -0.502 e. The summed E-state index contributed by atoms with van der Waals surface area (Å²) in [4.78, 5) is 10.0. The molecule has 0 bridgehead atoms. The molecule has 0 rings (SSSR count). The molecule has 0 heterocycles. The number of thioether (sulfide) groups is 1. The van der Waals surface area contributed by atoms with Crippen molar-refractivity contribution in [2.24, 2.45) is 5.73 Å². The summed E-state index contributed by atoms with van der Waals surface area (Å²) in [6.45, 7) is 0. The molecule has 3 nitrogen and oxygen atoms in total. The largest absolute Gasteiger partial charge is 1.00 e. The van der Waals surface area contributed by atoms with Crippen LogP contribution in [-0.4, -0.2) is 23.1 Å². The van der Waals surface area contributed by atoms with Crippen LogP contribution < -0.4 is 5.73 Å². The Morgan fingerprint density at radius 2 is 2.30 bits per heavy atom. The molecule has 0 fully saturated rings. The first kappa shape index (κ1) is 13.0. The zero-order chi connectivity index (χ0) is 7.28. The summed E-state index contributed by atoms with van der Waals surface area (Å²) in [7, 11) is 0. The van der Waals surface area contributed by atoms with Gasteiger partial charge in [0.15, 0.2) is 5.97 Å². The molecule has 0 aromatic carbocycles. The van der Waals surface area contributed by atoms with E-state index in [-0.39, 0.29) is 28.4 Å². The summed E-state index contributed by atoms with van der Waals surface area (Å²) in [5.74, 6) is -0.220. The van der Waals surface area contributed by atoms with E-state index in [1.807, 2.05) is 6.26 Å². The molecule has 0 aromatic rings. The van der Waals surface area contributed by atoms with Crippen LogP contribution in [0.3, 0.4) is 0 Å². The van der Waals surface area contributed by atoms with Crippen LogP contribution in [-0.2, 0) is 27.2 Å². The Morgan fingerprint density at radius 1 is 1.80 bits per heavy atom. The molecule has 0 aliphatic heterocycles. The summed E-state index contributed by atoms with van der Waals surface area (Å²) in [5, 5.41) is 8.24. The number of nitrogens with two attached hydrogens (primary N) is 1. The van der Waals surface area contributed by atoms with Crippen LogP contribution in [0, 0.1) is 6.04 Å². The van der Waals surface area contributed by atoms with Gasteiger partial charge in [-0.15, -0.1) is 6.42 Å². The van der Waals surface area contributed by atoms with Crippen LogP contribution >= 0.6 is 11.8 Å². The minimum absolute atomic E-state index is 0. The Bertz CT molecular complexity index is 102. The number of hydrogen-bond donors (Lipinski definition) is 2. The predicted molar refractivity (Wildman–Crippen MR) is 38.1 cm³/mol. The topological polar surface area (TPSA) is 63.3 Å². The standard InChI is InChI=1S/C5H10NO2S.Au/c1-9-3-2-4(6)5(7)8;/h2-3,6H2,1H3,(H,7,8);/q-1;+1. The maximum absolute atomic E-state index is 10.0. The summed E-state index contributed by atoms with van der Waals surface area (Å²) in [5.41, 5.74) is 5.11. The Balaban J connectivity index is 0. The fraction of sp³-hybridized carbons (Fsp3) is 0.600.